The quantitative estimate of drug-likeness (QED) is 0.774. The molecule has 1 aromatic carbocycles. The van der Waals surface area contributed by atoms with Gasteiger partial charge < -0.3 is 5.32 Å². The summed E-state index contributed by atoms with van der Waals surface area (Å²) in [6, 6.07) is 7.91. The van der Waals surface area contributed by atoms with Crippen LogP contribution in [-0.2, 0) is 6.42 Å². The highest BCUT2D eigenvalue weighted by Crippen LogP contribution is 2.10. The van der Waals surface area contributed by atoms with E-state index in [9.17, 15) is 4.79 Å². The number of hydrogen-bond acceptors (Lipinski definition) is 1. The summed E-state index contributed by atoms with van der Waals surface area (Å²) < 4.78 is 0. The molecule has 1 atom stereocenters. The van der Waals surface area contributed by atoms with Crippen LogP contribution in [-0.4, -0.2) is 17.8 Å². The van der Waals surface area contributed by atoms with Crippen molar-refractivity contribution in [3.63, 3.8) is 0 Å². The van der Waals surface area contributed by atoms with E-state index in [1.165, 1.54) is 0 Å². The number of carbonyl (C=O) groups excluding carboxylic acids is 1. The third kappa shape index (κ3) is 4.39. The molecule has 1 rings (SSSR count). The van der Waals surface area contributed by atoms with Crippen LogP contribution in [0.3, 0.4) is 0 Å². The molecule has 0 bridgehead atoms. The summed E-state index contributed by atoms with van der Waals surface area (Å²) >= 11 is 5.63. The lowest BCUT2D eigenvalue weighted by Crippen LogP contribution is -2.33. The van der Waals surface area contributed by atoms with Crippen LogP contribution in [0.1, 0.15) is 42.6 Å². The smallest absolute Gasteiger partial charge is 0.251 e. The molecular formula is C14H20ClNO. The van der Waals surface area contributed by atoms with Crippen molar-refractivity contribution < 1.29 is 4.79 Å². The van der Waals surface area contributed by atoms with Crippen LogP contribution in [0.5, 0.6) is 0 Å². The van der Waals surface area contributed by atoms with Crippen molar-refractivity contribution in [3.05, 3.63) is 35.4 Å². The third-order valence-electron chi connectivity index (χ3n) is 2.79. The van der Waals surface area contributed by atoms with Gasteiger partial charge in [-0.05, 0) is 37.8 Å². The second-order valence-corrected chi connectivity index (χ2v) is 4.59. The Morgan fingerprint density at radius 2 is 2.12 bits per heavy atom. The molecule has 0 aromatic heterocycles. The summed E-state index contributed by atoms with van der Waals surface area (Å²) in [7, 11) is 0. The van der Waals surface area contributed by atoms with Crippen LogP contribution in [0.15, 0.2) is 24.3 Å². The van der Waals surface area contributed by atoms with Crippen LogP contribution < -0.4 is 5.32 Å². The van der Waals surface area contributed by atoms with E-state index in [0.717, 1.165) is 30.4 Å². The molecule has 0 saturated carbocycles. The Kier molecular flexibility index (Phi) is 6.06. The highest BCUT2D eigenvalue weighted by Gasteiger charge is 2.11. The number of hydrogen-bond donors (Lipinski definition) is 1. The minimum atomic E-state index is 0.0181. The van der Waals surface area contributed by atoms with Gasteiger partial charge in [-0.25, -0.2) is 0 Å². The number of benzene rings is 1. The Balaban J connectivity index is 2.63. The van der Waals surface area contributed by atoms with Gasteiger partial charge in [0.2, 0.25) is 0 Å². The van der Waals surface area contributed by atoms with E-state index < -0.39 is 0 Å². The van der Waals surface area contributed by atoms with Gasteiger partial charge in [-0.1, -0.05) is 25.1 Å². The molecule has 0 spiro atoms. The number of carbonyl (C=O) groups is 1. The molecule has 0 saturated heterocycles. The van der Waals surface area contributed by atoms with E-state index in [1.807, 2.05) is 31.2 Å². The lowest BCUT2D eigenvalue weighted by Gasteiger charge is -2.14. The molecule has 3 heteroatoms. The Hall–Kier alpha value is -1.02. The Morgan fingerprint density at radius 1 is 1.41 bits per heavy atom. The molecule has 0 heterocycles. The molecule has 94 valence electrons. The van der Waals surface area contributed by atoms with Crippen LogP contribution >= 0.6 is 11.6 Å². The molecule has 1 amide bonds. The van der Waals surface area contributed by atoms with E-state index in [4.69, 9.17) is 11.6 Å². The van der Waals surface area contributed by atoms with E-state index in [1.54, 1.807) is 0 Å². The molecule has 2 nitrogen and oxygen atoms in total. The van der Waals surface area contributed by atoms with Gasteiger partial charge in [0.25, 0.3) is 5.91 Å². The minimum absolute atomic E-state index is 0.0181. The van der Waals surface area contributed by atoms with Crippen molar-refractivity contribution in [2.45, 2.75) is 39.2 Å². The molecule has 17 heavy (non-hydrogen) atoms. The molecule has 1 aromatic rings. The summed E-state index contributed by atoms with van der Waals surface area (Å²) in [6.45, 7) is 4.07. The average molecular weight is 254 g/mol. The second-order valence-electron chi connectivity index (χ2n) is 4.22. The van der Waals surface area contributed by atoms with Crippen molar-refractivity contribution in [2.75, 3.05) is 5.88 Å². The summed E-state index contributed by atoms with van der Waals surface area (Å²) in [5.74, 6) is 0.663. The number of rotatable bonds is 6. The Labute approximate surface area is 108 Å². The van der Waals surface area contributed by atoms with Gasteiger partial charge in [-0.3, -0.25) is 4.79 Å². The van der Waals surface area contributed by atoms with Gasteiger partial charge in [0.05, 0.1) is 0 Å². The lowest BCUT2D eigenvalue weighted by atomic mass is 10.0. The van der Waals surface area contributed by atoms with Crippen molar-refractivity contribution in [3.8, 4) is 0 Å². The maximum Gasteiger partial charge on any atom is 0.251 e. The molecule has 0 aliphatic carbocycles. The largest absolute Gasteiger partial charge is 0.350 e. The van der Waals surface area contributed by atoms with E-state index in [0.29, 0.717) is 5.88 Å². The van der Waals surface area contributed by atoms with Gasteiger partial charge in [-0.15, -0.1) is 11.6 Å². The number of nitrogens with one attached hydrogen (secondary N) is 1. The van der Waals surface area contributed by atoms with Crippen molar-refractivity contribution >= 4 is 17.5 Å². The fraction of sp³-hybridized carbons (Fsp3) is 0.500. The lowest BCUT2D eigenvalue weighted by molar-refractivity contribution is 0.0937. The van der Waals surface area contributed by atoms with Crippen molar-refractivity contribution in [1.82, 2.24) is 5.32 Å². The summed E-state index contributed by atoms with van der Waals surface area (Å²) in [4.78, 5) is 12.1. The predicted octanol–water partition coefficient (Wildman–Crippen LogP) is 3.39. The van der Waals surface area contributed by atoms with Crippen molar-refractivity contribution in [1.29, 1.82) is 0 Å². The van der Waals surface area contributed by atoms with E-state index in [2.05, 4.69) is 12.2 Å². The molecule has 0 aliphatic heterocycles. The minimum Gasteiger partial charge on any atom is -0.350 e. The zero-order chi connectivity index (χ0) is 12.7. The monoisotopic (exact) mass is 253 g/mol. The first-order valence-corrected chi connectivity index (χ1v) is 6.67. The summed E-state index contributed by atoms with van der Waals surface area (Å²) in [5.41, 5.74) is 1.88. The van der Waals surface area contributed by atoms with Crippen LogP contribution in [0.4, 0.5) is 0 Å². The highest BCUT2D eigenvalue weighted by atomic mass is 35.5. The van der Waals surface area contributed by atoms with Gasteiger partial charge in [0.15, 0.2) is 0 Å². The first kappa shape index (κ1) is 14.0. The Bertz CT molecular complexity index is 365. The van der Waals surface area contributed by atoms with Crippen LogP contribution in [0, 0.1) is 0 Å². The number of amides is 1. The van der Waals surface area contributed by atoms with Gasteiger partial charge >= 0.3 is 0 Å². The SMILES string of the molecule is CCc1ccccc1C(=O)NC(C)CCCCl. The number of halogens is 1. The van der Waals surface area contributed by atoms with Crippen molar-refractivity contribution in [2.24, 2.45) is 0 Å². The first-order chi connectivity index (χ1) is 8.19. The predicted molar refractivity (Wildman–Crippen MR) is 72.7 cm³/mol. The number of alkyl halides is 1. The Morgan fingerprint density at radius 3 is 2.76 bits per heavy atom. The molecule has 0 radical (unpaired) electrons. The first-order valence-electron chi connectivity index (χ1n) is 6.13. The summed E-state index contributed by atoms with van der Waals surface area (Å²) in [6.07, 6.45) is 2.72. The third-order valence-corrected chi connectivity index (χ3v) is 3.06. The maximum absolute atomic E-state index is 12.1. The zero-order valence-electron chi connectivity index (χ0n) is 10.5. The van der Waals surface area contributed by atoms with E-state index >= 15 is 0 Å². The number of aryl methyl sites for hydroxylation is 1. The second kappa shape index (κ2) is 7.33. The molecular weight excluding hydrogens is 234 g/mol. The zero-order valence-corrected chi connectivity index (χ0v) is 11.3. The van der Waals surface area contributed by atoms with Gasteiger partial charge in [0, 0.05) is 17.5 Å². The van der Waals surface area contributed by atoms with Gasteiger partial charge in [-0.2, -0.15) is 0 Å². The fourth-order valence-electron chi connectivity index (χ4n) is 1.81. The maximum atomic E-state index is 12.1. The molecule has 1 unspecified atom stereocenters. The molecule has 1 N–H and O–H groups in total. The standard InChI is InChI=1S/C14H20ClNO/c1-3-12-8-4-5-9-13(12)14(17)16-11(2)7-6-10-15/h4-5,8-9,11H,3,6-7,10H2,1-2H3,(H,16,17). The summed E-state index contributed by atoms with van der Waals surface area (Å²) in [5, 5.41) is 3.01. The molecule has 0 aliphatic rings. The fourth-order valence-corrected chi connectivity index (χ4v) is 1.96. The average Bonchev–Trinajstić information content (AvgIpc) is 2.36. The normalized spacial score (nSPS) is 12.2. The molecule has 0 fully saturated rings. The van der Waals surface area contributed by atoms with Gasteiger partial charge in [0.1, 0.15) is 0 Å². The van der Waals surface area contributed by atoms with Crippen LogP contribution in [0.25, 0.3) is 0 Å². The topological polar surface area (TPSA) is 29.1 Å². The highest BCUT2D eigenvalue weighted by molar-refractivity contribution is 6.17. The van der Waals surface area contributed by atoms with E-state index in [-0.39, 0.29) is 11.9 Å². The van der Waals surface area contributed by atoms with Crippen LogP contribution in [0.2, 0.25) is 0 Å².